The molecule has 7 nitrogen and oxygen atoms in total. The molecule has 0 bridgehead atoms. The highest BCUT2D eigenvalue weighted by atomic mass is 19.4. The molecule has 3 rings (SSSR count). The molecule has 0 saturated carbocycles. The fourth-order valence-electron chi connectivity index (χ4n) is 2.83. The first kappa shape index (κ1) is 21.8. The predicted molar refractivity (Wildman–Crippen MR) is 108 cm³/mol. The average molecular weight is 431 g/mol. The van der Waals surface area contributed by atoms with Crippen molar-refractivity contribution in [2.45, 2.75) is 19.1 Å². The van der Waals surface area contributed by atoms with Gasteiger partial charge in [0.05, 0.1) is 17.3 Å². The molecule has 10 heteroatoms. The molecule has 0 atom stereocenters. The van der Waals surface area contributed by atoms with E-state index in [1.54, 1.807) is 35.6 Å². The molecule has 0 aliphatic heterocycles. The van der Waals surface area contributed by atoms with Gasteiger partial charge in [-0.05, 0) is 35.9 Å². The number of rotatable bonds is 6. The van der Waals surface area contributed by atoms with Gasteiger partial charge in [-0.2, -0.15) is 13.2 Å². The topological polar surface area (TPSA) is 101 Å². The molecule has 0 aliphatic rings. The van der Waals surface area contributed by atoms with Crippen LogP contribution in [0, 0.1) is 0 Å². The van der Waals surface area contributed by atoms with Crippen LogP contribution in [0.1, 0.15) is 17.8 Å². The van der Waals surface area contributed by atoms with Gasteiger partial charge < -0.3 is 10.4 Å². The highest BCUT2D eigenvalue weighted by Crippen LogP contribution is 2.20. The van der Waals surface area contributed by atoms with E-state index in [1.165, 1.54) is 34.9 Å². The number of aromatic nitrogens is 2. The Morgan fingerprint density at radius 1 is 1.10 bits per heavy atom. The number of hydrogen-bond donors (Lipinski definition) is 2. The summed E-state index contributed by atoms with van der Waals surface area (Å²) in [6.45, 7) is -0.104. The number of hydrogen-bond acceptors (Lipinski definition) is 4. The highest BCUT2D eigenvalue weighted by Gasteiger charge is 2.38. The molecule has 0 aliphatic carbocycles. The SMILES string of the molecule is O=C(O)CCn1c(/C=C/c2cccc(NC(=O)C(F)(F)F)c2)nc2ccccc2c1=O. The quantitative estimate of drug-likeness (QED) is 0.622. The summed E-state index contributed by atoms with van der Waals surface area (Å²) in [7, 11) is 0. The van der Waals surface area contributed by atoms with Crippen molar-refractivity contribution in [3.63, 3.8) is 0 Å². The molecule has 0 fully saturated rings. The van der Waals surface area contributed by atoms with Gasteiger partial charge in [0.2, 0.25) is 0 Å². The number of fused-ring (bicyclic) bond motifs is 1. The van der Waals surface area contributed by atoms with Crippen molar-refractivity contribution >= 4 is 40.6 Å². The Labute approximate surface area is 173 Å². The molecule has 0 radical (unpaired) electrons. The van der Waals surface area contributed by atoms with E-state index in [1.807, 2.05) is 0 Å². The number of carbonyl (C=O) groups is 2. The molecule has 0 unspecified atom stereocenters. The van der Waals surface area contributed by atoms with Gasteiger partial charge in [-0.1, -0.05) is 30.3 Å². The van der Waals surface area contributed by atoms with E-state index < -0.39 is 23.6 Å². The van der Waals surface area contributed by atoms with Crippen molar-refractivity contribution in [1.82, 2.24) is 9.55 Å². The van der Waals surface area contributed by atoms with E-state index in [0.717, 1.165) is 0 Å². The molecule has 2 N–H and O–H groups in total. The van der Waals surface area contributed by atoms with Crippen molar-refractivity contribution in [2.75, 3.05) is 5.32 Å². The van der Waals surface area contributed by atoms with Gasteiger partial charge in [0.15, 0.2) is 0 Å². The predicted octanol–water partition coefficient (Wildman–Crippen LogP) is 3.54. The number of para-hydroxylation sites is 1. The van der Waals surface area contributed by atoms with Crippen LogP contribution in [-0.4, -0.2) is 32.7 Å². The van der Waals surface area contributed by atoms with Crippen LogP contribution in [0.4, 0.5) is 18.9 Å². The molecule has 3 aromatic rings. The molecule has 1 heterocycles. The Morgan fingerprint density at radius 2 is 1.84 bits per heavy atom. The van der Waals surface area contributed by atoms with Crippen molar-refractivity contribution in [1.29, 1.82) is 0 Å². The molecule has 1 aromatic heterocycles. The number of carboxylic acid groups (broad SMARTS) is 1. The summed E-state index contributed by atoms with van der Waals surface area (Å²) in [5.41, 5.74) is 0.397. The fourth-order valence-corrected chi connectivity index (χ4v) is 2.83. The second-order valence-corrected chi connectivity index (χ2v) is 6.50. The number of aliphatic carboxylic acids is 1. The standard InChI is InChI=1S/C21H16F3N3O4/c22-21(23,24)20(31)25-14-5-3-4-13(12-14)8-9-17-26-16-7-2-1-6-15(16)19(30)27(17)11-10-18(28)29/h1-9,12H,10-11H2,(H,25,31)(H,28,29)/b9-8+. The second-order valence-electron chi connectivity index (χ2n) is 6.50. The van der Waals surface area contributed by atoms with Gasteiger partial charge >= 0.3 is 18.1 Å². The van der Waals surface area contributed by atoms with E-state index in [-0.39, 0.29) is 24.5 Å². The zero-order valence-electron chi connectivity index (χ0n) is 15.9. The van der Waals surface area contributed by atoms with Crippen LogP contribution in [0.25, 0.3) is 23.1 Å². The summed E-state index contributed by atoms with van der Waals surface area (Å²) in [4.78, 5) is 39.3. The lowest BCUT2D eigenvalue weighted by Crippen LogP contribution is -2.29. The minimum absolute atomic E-state index is 0.0563. The summed E-state index contributed by atoms with van der Waals surface area (Å²) in [6, 6.07) is 12.3. The van der Waals surface area contributed by atoms with Crippen molar-refractivity contribution in [3.8, 4) is 0 Å². The smallest absolute Gasteiger partial charge is 0.471 e. The van der Waals surface area contributed by atoms with Crippen molar-refractivity contribution < 1.29 is 27.9 Å². The monoisotopic (exact) mass is 431 g/mol. The molecular weight excluding hydrogens is 415 g/mol. The Kier molecular flexibility index (Phi) is 6.19. The van der Waals surface area contributed by atoms with Gasteiger partial charge in [0.1, 0.15) is 5.82 Å². The summed E-state index contributed by atoms with van der Waals surface area (Å²) < 4.78 is 38.5. The van der Waals surface area contributed by atoms with Crippen LogP contribution in [-0.2, 0) is 16.1 Å². The number of nitrogens with zero attached hydrogens (tertiary/aromatic N) is 2. The molecule has 0 saturated heterocycles. The molecular formula is C21H16F3N3O4. The van der Waals surface area contributed by atoms with Gasteiger partial charge in [-0.25, -0.2) is 4.98 Å². The Bertz CT molecular complexity index is 1230. The zero-order chi connectivity index (χ0) is 22.6. The minimum Gasteiger partial charge on any atom is -0.481 e. The van der Waals surface area contributed by atoms with Crippen LogP contribution in [0.2, 0.25) is 0 Å². The molecule has 31 heavy (non-hydrogen) atoms. The largest absolute Gasteiger partial charge is 0.481 e. The number of nitrogens with one attached hydrogen (secondary N) is 1. The summed E-state index contributed by atoms with van der Waals surface area (Å²) in [5.74, 6) is -2.98. The molecule has 2 aromatic carbocycles. The van der Waals surface area contributed by atoms with E-state index in [0.29, 0.717) is 16.5 Å². The van der Waals surface area contributed by atoms with Crippen molar-refractivity contribution in [3.05, 3.63) is 70.3 Å². The Morgan fingerprint density at radius 3 is 2.55 bits per heavy atom. The van der Waals surface area contributed by atoms with Crippen LogP contribution >= 0.6 is 0 Å². The maximum absolute atomic E-state index is 12.8. The van der Waals surface area contributed by atoms with Crippen LogP contribution in [0.5, 0.6) is 0 Å². The fraction of sp³-hybridized carbons (Fsp3) is 0.143. The van der Waals surface area contributed by atoms with Gasteiger partial charge in [-0.3, -0.25) is 19.0 Å². The van der Waals surface area contributed by atoms with Crippen LogP contribution < -0.4 is 10.9 Å². The lowest BCUT2D eigenvalue weighted by atomic mass is 10.1. The first-order valence-corrected chi connectivity index (χ1v) is 9.03. The highest BCUT2D eigenvalue weighted by molar-refractivity contribution is 5.95. The maximum atomic E-state index is 12.8. The maximum Gasteiger partial charge on any atom is 0.471 e. The number of amides is 1. The molecule has 0 spiro atoms. The number of anilines is 1. The summed E-state index contributed by atoms with van der Waals surface area (Å²) in [6.07, 6.45) is -2.35. The number of halogens is 3. The van der Waals surface area contributed by atoms with E-state index in [4.69, 9.17) is 5.11 Å². The number of benzene rings is 2. The van der Waals surface area contributed by atoms with Crippen LogP contribution in [0.15, 0.2) is 53.3 Å². The van der Waals surface area contributed by atoms with Gasteiger partial charge in [0, 0.05) is 12.2 Å². The third-order valence-corrected chi connectivity index (χ3v) is 4.27. The van der Waals surface area contributed by atoms with E-state index >= 15 is 0 Å². The number of carbonyl (C=O) groups excluding carboxylic acids is 1. The van der Waals surface area contributed by atoms with E-state index in [9.17, 15) is 27.6 Å². The number of alkyl halides is 3. The van der Waals surface area contributed by atoms with E-state index in [2.05, 4.69) is 4.98 Å². The Balaban J connectivity index is 1.96. The molecule has 160 valence electrons. The normalized spacial score (nSPS) is 11.7. The first-order chi connectivity index (χ1) is 14.6. The third kappa shape index (κ3) is 5.35. The van der Waals surface area contributed by atoms with Gasteiger partial charge in [0.25, 0.3) is 5.56 Å². The van der Waals surface area contributed by atoms with Crippen LogP contribution in [0.3, 0.4) is 0 Å². The average Bonchev–Trinajstić information content (AvgIpc) is 2.71. The summed E-state index contributed by atoms with van der Waals surface area (Å²) >= 11 is 0. The first-order valence-electron chi connectivity index (χ1n) is 9.03. The second kappa shape index (κ2) is 8.82. The summed E-state index contributed by atoms with van der Waals surface area (Å²) in [5, 5.41) is 11.1. The third-order valence-electron chi connectivity index (χ3n) is 4.27. The zero-order valence-corrected chi connectivity index (χ0v) is 15.9. The number of carboxylic acids is 1. The lowest BCUT2D eigenvalue weighted by molar-refractivity contribution is -0.167. The molecule has 1 amide bonds. The van der Waals surface area contributed by atoms with Gasteiger partial charge in [-0.15, -0.1) is 0 Å². The lowest BCUT2D eigenvalue weighted by Gasteiger charge is -2.10. The van der Waals surface area contributed by atoms with Crippen molar-refractivity contribution in [2.24, 2.45) is 0 Å². The minimum atomic E-state index is -5.01. The Hall–Kier alpha value is -3.95.